The van der Waals surface area contributed by atoms with Gasteiger partial charge < -0.3 is 14.8 Å². The molecule has 1 saturated heterocycles. The predicted molar refractivity (Wildman–Crippen MR) is 116 cm³/mol. The summed E-state index contributed by atoms with van der Waals surface area (Å²) in [6, 6.07) is 10.6. The summed E-state index contributed by atoms with van der Waals surface area (Å²) in [5, 5.41) is 3.33. The van der Waals surface area contributed by atoms with Crippen molar-refractivity contribution in [3.63, 3.8) is 0 Å². The van der Waals surface area contributed by atoms with Gasteiger partial charge in [-0.15, -0.1) is 0 Å². The van der Waals surface area contributed by atoms with Crippen molar-refractivity contribution in [2.75, 3.05) is 19.8 Å². The van der Waals surface area contributed by atoms with Gasteiger partial charge in [-0.2, -0.15) is 26.3 Å². The van der Waals surface area contributed by atoms with Gasteiger partial charge in [-0.25, -0.2) is 0 Å². The molecule has 3 rings (SSSR count). The fraction of sp³-hybridized carbons (Fsp3) is 0.480. The van der Waals surface area contributed by atoms with Gasteiger partial charge in [0.1, 0.15) is 0 Å². The Morgan fingerprint density at radius 1 is 1.06 bits per heavy atom. The Kier molecular flexibility index (Phi) is 8.16. The van der Waals surface area contributed by atoms with Gasteiger partial charge in [0.25, 0.3) is 0 Å². The van der Waals surface area contributed by atoms with E-state index in [0.29, 0.717) is 31.5 Å². The molecule has 4 nitrogen and oxygen atoms in total. The lowest BCUT2D eigenvalue weighted by molar-refractivity contribution is -0.150. The fourth-order valence-corrected chi connectivity index (χ4v) is 4.18. The second-order valence-corrected chi connectivity index (χ2v) is 8.61. The van der Waals surface area contributed by atoms with E-state index in [1.807, 2.05) is 30.3 Å². The number of halogens is 6. The molecule has 0 bridgehead atoms. The smallest absolute Gasteiger partial charge is 0.416 e. The maximum Gasteiger partial charge on any atom is 0.416 e. The lowest BCUT2D eigenvalue weighted by Crippen LogP contribution is -2.53. The minimum atomic E-state index is -4.94. The molecule has 2 aromatic rings. The van der Waals surface area contributed by atoms with Crippen LogP contribution in [0.1, 0.15) is 55.0 Å². The summed E-state index contributed by atoms with van der Waals surface area (Å²) in [5.74, 6) is -0.679. The lowest BCUT2D eigenvalue weighted by Gasteiger charge is -2.41. The Bertz CT molecular complexity index is 966. The number of carbonyl (C=O) groups excluding carboxylic acids is 1. The van der Waals surface area contributed by atoms with Crippen molar-refractivity contribution in [3.8, 4) is 0 Å². The van der Waals surface area contributed by atoms with Crippen molar-refractivity contribution in [1.29, 1.82) is 0 Å². The molecule has 1 aliphatic heterocycles. The number of carbonyl (C=O) groups is 1. The van der Waals surface area contributed by atoms with Gasteiger partial charge in [-0.05, 0) is 56.0 Å². The third-order valence-electron chi connectivity index (χ3n) is 6.21. The average molecular weight is 503 g/mol. The largest absolute Gasteiger partial charge is 0.466 e. The van der Waals surface area contributed by atoms with Gasteiger partial charge in [0.05, 0.1) is 41.9 Å². The fourth-order valence-electron chi connectivity index (χ4n) is 4.18. The zero-order chi connectivity index (χ0) is 25.9. The Morgan fingerprint density at radius 2 is 1.66 bits per heavy atom. The lowest BCUT2D eigenvalue weighted by atomic mass is 9.79. The molecule has 0 radical (unpaired) electrons. The summed E-state index contributed by atoms with van der Waals surface area (Å²) < 4.78 is 90.5. The normalized spacial score (nSPS) is 22.0. The number of nitrogens with one attached hydrogen (secondary N) is 1. The number of hydrogen-bond acceptors (Lipinski definition) is 4. The summed E-state index contributed by atoms with van der Waals surface area (Å²) in [6.07, 6.45) is -9.98. The number of hydrogen-bond donors (Lipinski definition) is 1. The molecule has 0 aromatic heterocycles. The third kappa shape index (κ3) is 6.55. The second-order valence-electron chi connectivity index (χ2n) is 8.61. The van der Waals surface area contributed by atoms with E-state index in [4.69, 9.17) is 9.47 Å². The first-order valence-electron chi connectivity index (χ1n) is 11.2. The van der Waals surface area contributed by atoms with E-state index in [0.717, 1.165) is 5.56 Å². The molecule has 3 atom stereocenters. The molecule has 35 heavy (non-hydrogen) atoms. The van der Waals surface area contributed by atoms with Crippen molar-refractivity contribution >= 4 is 5.97 Å². The van der Waals surface area contributed by atoms with Crippen LogP contribution in [0.15, 0.2) is 48.5 Å². The molecule has 0 saturated carbocycles. The minimum absolute atomic E-state index is 0.0225. The highest BCUT2D eigenvalue weighted by Gasteiger charge is 2.41. The summed E-state index contributed by atoms with van der Waals surface area (Å²) in [4.78, 5) is 12.1. The van der Waals surface area contributed by atoms with Crippen LogP contribution in [0.4, 0.5) is 26.3 Å². The third-order valence-corrected chi connectivity index (χ3v) is 6.21. The minimum Gasteiger partial charge on any atom is -0.466 e. The number of rotatable bonds is 7. The molecule has 192 valence electrons. The molecule has 2 aromatic carbocycles. The molecule has 0 aliphatic carbocycles. The summed E-state index contributed by atoms with van der Waals surface area (Å²) in [7, 11) is 0. The van der Waals surface area contributed by atoms with Crippen LogP contribution in [-0.2, 0) is 32.2 Å². The van der Waals surface area contributed by atoms with Gasteiger partial charge in [-0.3, -0.25) is 4.79 Å². The van der Waals surface area contributed by atoms with E-state index in [1.165, 1.54) is 6.92 Å². The Labute approximate surface area is 199 Å². The number of ether oxygens (including phenoxy) is 2. The predicted octanol–water partition coefficient (Wildman–Crippen LogP) is 6.26. The van der Waals surface area contributed by atoms with Gasteiger partial charge in [0.15, 0.2) is 0 Å². The molecule has 3 unspecified atom stereocenters. The van der Waals surface area contributed by atoms with E-state index in [9.17, 15) is 31.1 Å². The molecule has 1 N–H and O–H groups in total. The molecule has 10 heteroatoms. The Morgan fingerprint density at radius 3 is 2.14 bits per heavy atom. The van der Waals surface area contributed by atoms with Gasteiger partial charge >= 0.3 is 18.3 Å². The van der Waals surface area contributed by atoms with Crippen LogP contribution in [0.3, 0.4) is 0 Å². The van der Waals surface area contributed by atoms with E-state index < -0.39 is 35.1 Å². The molecule has 0 spiro atoms. The molecule has 1 heterocycles. The molecular formula is C25H27F6NO3. The van der Waals surface area contributed by atoms with Gasteiger partial charge in [0.2, 0.25) is 0 Å². The van der Waals surface area contributed by atoms with E-state index in [-0.39, 0.29) is 36.7 Å². The standard InChI is InChI=1S/C25H27F6NO3/c1-3-34-22(33)17-9-10-23(32-14-17,19-7-5-4-6-8-19)15-35-16(2)18-11-20(24(26,27)28)13-21(12-18)25(29,30)31/h4-8,11-13,16-17,32H,3,9-10,14-15H2,1-2H3. The summed E-state index contributed by atoms with van der Waals surface area (Å²) in [6.45, 7) is 3.67. The first-order chi connectivity index (χ1) is 16.4. The monoisotopic (exact) mass is 503 g/mol. The number of esters is 1. The Hall–Kier alpha value is -2.59. The van der Waals surface area contributed by atoms with Crippen LogP contribution in [-0.4, -0.2) is 25.7 Å². The Balaban J connectivity index is 1.84. The molecule has 0 amide bonds. The summed E-state index contributed by atoms with van der Waals surface area (Å²) in [5.41, 5.74) is -2.93. The number of benzene rings is 2. The van der Waals surface area contributed by atoms with Crippen molar-refractivity contribution in [2.45, 2.75) is 50.7 Å². The van der Waals surface area contributed by atoms with Crippen molar-refractivity contribution in [1.82, 2.24) is 5.32 Å². The second kappa shape index (κ2) is 10.6. The van der Waals surface area contributed by atoms with Crippen molar-refractivity contribution in [2.24, 2.45) is 5.92 Å². The number of alkyl halides is 6. The van der Waals surface area contributed by atoms with Gasteiger partial charge in [0, 0.05) is 6.54 Å². The van der Waals surface area contributed by atoms with E-state index >= 15 is 0 Å². The van der Waals surface area contributed by atoms with Crippen LogP contribution in [0.2, 0.25) is 0 Å². The topological polar surface area (TPSA) is 47.6 Å². The highest BCUT2D eigenvalue weighted by molar-refractivity contribution is 5.72. The van der Waals surface area contributed by atoms with Crippen molar-refractivity contribution < 1.29 is 40.6 Å². The zero-order valence-corrected chi connectivity index (χ0v) is 19.3. The van der Waals surface area contributed by atoms with Crippen LogP contribution in [0.5, 0.6) is 0 Å². The van der Waals surface area contributed by atoms with Crippen molar-refractivity contribution in [3.05, 3.63) is 70.8 Å². The van der Waals surface area contributed by atoms with E-state index in [2.05, 4.69) is 5.32 Å². The molecule has 1 fully saturated rings. The first kappa shape index (κ1) is 27.0. The van der Waals surface area contributed by atoms with Gasteiger partial charge in [-0.1, -0.05) is 30.3 Å². The van der Waals surface area contributed by atoms with E-state index in [1.54, 1.807) is 6.92 Å². The molecular weight excluding hydrogens is 476 g/mol. The maximum absolute atomic E-state index is 13.3. The van der Waals surface area contributed by atoms with Crippen LogP contribution in [0, 0.1) is 5.92 Å². The SMILES string of the molecule is CCOC(=O)C1CCC(COC(C)c2cc(C(F)(F)F)cc(C(F)(F)F)c2)(c2ccccc2)NC1. The van der Waals surface area contributed by atoms with Crippen LogP contribution < -0.4 is 5.32 Å². The van der Waals surface area contributed by atoms with Crippen LogP contribution in [0.25, 0.3) is 0 Å². The zero-order valence-electron chi connectivity index (χ0n) is 19.3. The summed E-state index contributed by atoms with van der Waals surface area (Å²) >= 11 is 0. The molecule has 1 aliphatic rings. The quantitative estimate of drug-likeness (QED) is 0.358. The number of piperidine rings is 1. The highest BCUT2D eigenvalue weighted by Crippen LogP contribution is 2.39. The highest BCUT2D eigenvalue weighted by atomic mass is 19.4. The first-order valence-corrected chi connectivity index (χ1v) is 11.2. The average Bonchev–Trinajstić information content (AvgIpc) is 2.82. The maximum atomic E-state index is 13.3. The van der Waals surface area contributed by atoms with Crippen LogP contribution >= 0.6 is 0 Å².